The molecule has 2 aromatic rings. The minimum Gasteiger partial charge on any atom is -0.481 e. The smallest absolute Gasteiger partial charge is 0.283 e. The molecule has 2 rings (SSSR count). The zero-order valence-corrected chi connectivity index (χ0v) is 14.8. The van der Waals surface area contributed by atoms with E-state index in [4.69, 9.17) is 4.74 Å². The zero-order chi connectivity index (χ0) is 17.0. The number of carbonyl (C=O) groups excluding carboxylic acids is 1. The standard InChI is InChI=1S/C18H22N2O2S/c1-18(2,3)14-7-5-6-8-15(14)20(17(21)23)12-13-9-10-16(22-4)19-11-13/h5-11H,12H2,1-4H3,(H,21,23). The second kappa shape index (κ2) is 7.04. The number of hydrogen-bond donors (Lipinski definition) is 1. The molecule has 0 aliphatic rings. The Balaban J connectivity index is 2.37. The summed E-state index contributed by atoms with van der Waals surface area (Å²) in [5.41, 5.74) is 2.81. The Morgan fingerprint density at radius 1 is 1.22 bits per heavy atom. The topological polar surface area (TPSA) is 42.4 Å². The summed E-state index contributed by atoms with van der Waals surface area (Å²) in [5, 5.41) is -0.294. The molecule has 0 saturated heterocycles. The van der Waals surface area contributed by atoms with E-state index in [0.717, 1.165) is 16.8 Å². The Labute approximate surface area is 142 Å². The van der Waals surface area contributed by atoms with Crippen LogP contribution >= 0.6 is 12.6 Å². The number of nitrogens with zero attached hydrogens (tertiary/aromatic N) is 2. The lowest BCUT2D eigenvalue weighted by molar-refractivity contribution is 0.265. The SMILES string of the molecule is COc1ccc(CN(C(=O)S)c2ccccc2C(C)(C)C)cn1. The zero-order valence-electron chi connectivity index (χ0n) is 13.9. The Kier molecular flexibility index (Phi) is 5.31. The molecule has 0 fully saturated rings. The molecule has 0 aliphatic carbocycles. The average Bonchev–Trinajstić information content (AvgIpc) is 2.52. The van der Waals surface area contributed by atoms with E-state index in [1.54, 1.807) is 24.3 Å². The van der Waals surface area contributed by atoms with Crippen molar-refractivity contribution in [3.63, 3.8) is 0 Å². The fourth-order valence-corrected chi connectivity index (χ4v) is 2.59. The van der Waals surface area contributed by atoms with Gasteiger partial charge in [-0.1, -0.05) is 57.7 Å². The van der Waals surface area contributed by atoms with Crippen molar-refractivity contribution in [3.05, 3.63) is 53.7 Å². The van der Waals surface area contributed by atoms with Crippen LogP contribution in [0.15, 0.2) is 42.6 Å². The van der Waals surface area contributed by atoms with Gasteiger partial charge in [-0.05, 0) is 22.6 Å². The highest BCUT2D eigenvalue weighted by molar-refractivity contribution is 7.96. The van der Waals surface area contributed by atoms with Gasteiger partial charge in [0.15, 0.2) is 0 Å². The van der Waals surface area contributed by atoms with Crippen LogP contribution in [-0.4, -0.2) is 17.3 Å². The van der Waals surface area contributed by atoms with Crippen LogP contribution in [0.3, 0.4) is 0 Å². The van der Waals surface area contributed by atoms with Crippen LogP contribution in [0.1, 0.15) is 31.9 Å². The monoisotopic (exact) mass is 330 g/mol. The van der Waals surface area contributed by atoms with Crippen molar-refractivity contribution >= 4 is 23.6 Å². The van der Waals surface area contributed by atoms with E-state index in [0.29, 0.717) is 12.4 Å². The summed E-state index contributed by atoms with van der Waals surface area (Å²) in [6.45, 7) is 6.79. The molecular formula is C18H22N2O2S. The van der Waals surface area contributed by atoms with E-state index in [1.165, 1.54) is 0 Å². The predicted molar refractivity (Wildman–Crippen MR) is 96.5 cm³/mol. The number of hydrogen-bond acceptors (Lipinski definition) is 3. The van der Waals surface area contributed by atoms with Crippen molar-refractivity contribution in [3.8, 4) is 5.88 Å². The van der Waals surface area contributed by atoms with E-state index in [-0.39, 0.29) is 10.7 Å². The summed E-state index contributed by atoms with van der Waals surface area (Å²) in [6, 6.07) is 11.6. The number of benzene rings is 1. The number of rotatable bonds is 4. The number of anilines is 1. The van der Waals surface area contributed by atoms with Crippen molar-refractivity contribution < 1.29 is 9.53 Å². The molecule has 0 radical (unpaired) electrons. The van der Waals surface area contributed by atoms with Crippen molar-refractivity contribution in [1.82, 2.24) is 4.98 Å². The molecule has 0 spiro atoms. The highest BCUT2D eigenvalue weighted by Crippen LogP contribution is 2.33. The van der Waals surface area contributed by atoms with Gasteiger partial charge in [0.2, 0.25) is 5.88 Å². The molecule has 1 amide bonds. The van der Waals surface area contributed by atoms with Gasteiger partial charge in [-0.3, -0.25) is 9.69 Å². The van der Waals surface area contributed by atoms with Crippen LogP contribution in [0.4, 0.5) is 10.5 Å². The van der Waals surface area contributed by atoms with Gasteiger partial charge < -0.3 is 4.74 Å². The van der Waals surface area contributed by atoms with Gasteiger partial charge in [0.25, 0.3) is 5.24 Å². The molecule has 1 aromatic carbocycles. The number of amides is 1. The lowest BCUT2D eigenvalue weighted by atomic mass is 9.85. The van der Waals surface area contributed by atoms with Crippen LogP contribution in [-0.2, 0) is 12.0 Å². The number of ether oxygens (including phenoxy) is 1. The molecule has 0 bridgehead atoms. The lowest BCUT2D eigenvalue weighted by Crippen LogP contribution is -2.28. The van der Waals surface area contributed by atoms with Crippen LogP contribution in [0.25, 0.3) is 0 Å². The number of pyridine rings is 1. The van der Waals surface area contributed by atoms with Gasteiger partial charge in [0.05, 0.1) is 13.7 Å². The Morgan fingerprint density at radius 3 is 2.43 bits per heavy atom. The van der Waals surface area contributed by atoms with Gasteiger partial charge in [0, 0.05) is 18.0 Å². The minimum atomic E-state index is -0.294. The molecule has 0 atom stereocenters. The third kappa shape index (κ3) is 4.26. The number of para-hydroxylation sites is 1. The van der Waals surface area contributed by atoms with Gasteiger partial charge in [-0.2, -0.15) is 0 Å². The number of carbonyl (C=O) groups is 1. The predicted octanol–water partition coefficient (Wildman–Crippen LogP) is 4.44. The largest absolute Gasteiger partial charge is 0.481 e. The normalized spacial score (nSPS) is 11.2. The maximum Gasteiger partial charge on any atom is 0.283 e. The molecule has 0 unspecified atom stereocenters. The van der Waals surface area contributed by atoms with Gasteiger partial charge in [0.1, 0.15) is 0 Å². The maximum atomic E-state index is 12.1. The van der Waals surface area contributed by atoms with E-state index >= 15 is 0 Å². The highest BCUT2D eigenvalue weighted by Gasteiger charge is 2.23. The Bertz CT molecular complexity index is 678. The van der Waals surface area contributed by atoms with Crippen molar-refractivity contribution in [2.45, 2.75) is 32.7 Å². The van der Waals surface area contributed by atoms with E-state index in [9.17, 15) is 4.79 Å². The van der Waals surface area contributed by atoms with Crippen molar-refractivity contribution in [2.75, 3.05) is 12.0 Å². The first kappa shape index (κ1) is 17.3. The number of thiol groups is 1. The molecule has 1 heterocycles. The summed E-state index contributed by atoms with van der Waals surface area (Å²) in [7, 11) is 1.57. The molecular weight excluding hydrogens is 308 g/mol. The van der Waals surface area contributed by atoms with Crippen LogP contribution < -0.4 is 9.64 Å². The van der Waals surface area contributed by atoms with Gasteiger partial charge >= 0.3 is 0 Å². The third-order valence-corrected chi connectivity index (χ3v) is 3.82. The fraction of sp³-hybridized carbons (Fsp3) is 0.333. The first-order valence-corrected chi connectivity index (χ1v) is 7.86. The Morgan fingerprint density at radius 2 is 1.91 bits per heavy atom. The average molecular weight is 330 g/mol. The molecule has 5 heteroatoms. The molecule has 0 saturated carbocycles. The molecule has 0 aliphatic heterocycles. The first-order valence-electron chi connectivity index (χ1n) is 7.42. The Hall–Kier alpha value is -2.01. The molecule has 122 valence electrons. The third-order valence-electron chi connectivity index (χ3n) is 3.58. The molecule has 1 aromatic heterocycles. The van der Waals surface area contributed by atoms with Crippen molar-refractivity contribution in [1.29, 1.82) is 0 Å². The summed E-state index contributed by atoms with van der Waals surface area (Å²) >= 11 is 4.06. The summed E-state index contributed by atoms with van der Waals surface area (Å²) in [5.74, 6) is 0.549. The summed E-state index contributed by atoms with van der Waals surface area (Å²) in [6.07, 6.45) is 1.71. The summed E-state index contributed by atoms with van der Waals surface area (Å²) in [4.78, 5) is 17.9. The molecule has 0 N–H and O–H groups in total. The lowest BCUT2D eigenvalue weighted by Gasteiger charge is -2.29. The number of methoxy groups -OCH3 is 1. The number of aromatic nitrogens is 1. The minimum absolute atomic E-state index is 0.0732. The van der Waals surface area contributed by atoms with Crippen LogP contribution in [0, 0.1) is 0 Å². The van der Waals surface area contributed by atoms with E-state index < -0.39 is 0 Å². The quantitative estimate of drug-likeness (QED) is 0.843. The second-order valence-electron chi connectivity index (χ2n) is 6.34. The molecule has 4 nitrogen and oxygen atoms in total. The van der Waals surface area contributed by atoms with E-state index in [2.05, 4.69) is 38.4 Å². The first-order chi connectivity index (χ1) is 10.8. The second-order valence-corrected chi connectivity index (χ2v) is 6.73. The van der Waals surface area contributed by atoms with Gasteiger partial charge in [-0.15, -0.1) is 0 Å². The summed E-state index contributed by atoms with van der Waals surface area (Å²) < 4.78 is 5.06. The van der Waals surface area contributed by atoms with Crippen LogP contribution in [0.2, 0.25) is 0 Å². The van der Waals surface area contributed by atoms with Gasteiger partial charge in [-0.25, -0.2) is 4.98 Å². The fourth-order valence-electron chi connectivity index (χ4n) is 2.41. The molecule has 23 heavy (non-hydrogen) atoms. The van der Waals surface area contributed by atoms with E-state index in [1.807, 2.05) is 30.3 Å². The van der Waals surface area contributed by atoms with Crippen LogP contribution in [0.5, 0.6) is 5.88 Å². The highest BCUT2D eigenvalue weighted by atomic mass is 32.1. The maximum absolute atomic E-state index is 12.1. The van der Waals surface area contributed by atoms with Crippen molar-refractivity contribution in [2.24, 2.45) is 0 Å².